The third-order valence-corrected chi connectivity index (χ3v) is 4.89. The maximum absolute atomic E-state index is 10.3. The topological polar surface area (TPSA) is 20.2 Å². The molecule has 0 amide bonds. The van der Waals surface area contributed by atoms with Crippen LogP contribution in [-0.2, 0) is 6.42 Å². The summed E-state index contributed by atoms with van der Waals surface area (Å²) in [6.45, 7) is 2.29. The molecule has 2 aliphatic rings. The third kappa shape index (κ3) is 1.34. The summed E-state index contributed by atoms with van der Waals surface area (Å²) in [4.78, 5) is 0. The van der Waals surface area contributed by atoms with Gasteiger partial charge in [-0.3, -0.25) is 0 Å². The minimum Gasteiger partial charge on any atom is -0.393 e. The highest BCUT2D eigenvalue weighted by molar-refractivity contribution is 5.35. The molecule has 0 radical (unpaired) electrons. The van der Waals surface area contributed by atoms with Gasteiger partial charge in [0, 0.05) is 5.41 Å². The maximum Gasteiger partial charge on any atom is 0.0599 e. The van der Waals surface area contributed by atoms with Gasteiger partial charge in [-0.1, -0.05) is 37.6 Å². The van der Waals surface area contributed by atoms with Crippen LogP contribution in [0.5, 0.6) is 0 Å². The van der Waals surface area contributed by atoms with Crippen LogP contribution in [0.1, 0.15) is 49.7 Å². The fourth-order valence-corrected chi connectivity index (χ4v) is 3.76. The van der Waals surface area contributed by atoms with Gasteiger partial charge in [0.2, 0.25) is 0 Å². The first kappa shape index (κ1) is 10.3. The lowest BCUT2D eigenvalue weighted by Crippen LogP contribution is -2.44. The van der Waals surface area contributed by atoms with Crippen molar-refractivity contribution in [2.24, 2.45) is 5.41 Å². The maximum atomic E-state index is 10.3. The van der Waals surface area contributed by atoms with Gasteiger partial charge in [0.25, 0.3) is 0 Å². The Morgan fingerprint density at radius 3 is 2.94 bits per heavy atom. The minimum atomic E-state index is -0.0976. The lowest BCUT2D eigenvalue weighted by atomic mass is 9.57. The molecule has 1 fully saturated rings. The molecule has 0 bridgehead atoms. The number of hydrogen-bond acceptors (Lipinski definition) is 1. The molecular formula is C15H20O. The van der Waals surface area contributed by atoms with Crippen LogP contribution in [0.25, 0.3) is 0 Å². The van der Waals surface area contributed by atoms with Gasteiger partial charge in [-0.2, -0.15) is 0 Å². The average Bonchev–Trinajstić information content (AvgIpc) is 2.31. The molecule has 3 unspecified atom stereocenters. The molecule has 1 aromatic carbocycles. The first-order valence-corrected chi connectivity index (χ1v) is 6.48. The lowest BCUT2D eigenvalue weighted by Gasteiger charge is -2.49. The highest BCUT2D eigenvalue weighted by atomic mass is 16.3. The van der Waals surface area contributed by atoms with Crippen molar-refractivity contribution < 1.29 is 5.11 Å². The van der Waals surface area contributed by atoms with E-state index in [9.17, 15) is 5.11 Å². The highest BCUT2D eigenvalue weighted by Crippen LogP contribution is 2.53. The minimum absolute atomic E-state index is 0.0976. The summed E-state index contributed by atoms with van der Waals surface area (Å²) in [5, 5.41) is 10.3. The molecule has 1 N–H and O–H groups in total. The van der Waals surface area contributed by atoms with Gasteiger partial charge in [-0.05, 0) is 42.7 Å². The number of fused-ring (bicyclic) bond motifs is 3. The van der Waals surface area contributed by atoms with Crippen molar-refractivity contribution in [1.29, 1.82) is 0 Å². The van der Waals surface area contributed by atoms with E-state index in [0.717, 1.165) is 19.3 Å². The van der Waals surface area contributed by atoms with Crippen LogP contribution in [0.3, 0.4) is 0 Å². The molecule has 0 heterocycles. The SMILES string of the molecule is CC12CCc3ccccc3C1CCCC2O. The smallest absolute Gasteiger partial charge is 0.0599 e. The van der Waals surface area contributed by atoms with E-state index in [1.54, 1.807) is 0 Å². The Balaban J connectivity index is 2.06. The molecule has 1 nitrogen and oxygen atoms in total. The molecule has 1 aromatic rings. The largest absolute Gasteiger partial charge is 0.393 e. The van der Waals surface area contributed by atoms with Gasteiger partial charge in [-0.15, -0.1) is 0 Å². The van der Waals surface area contributed by atoms with E-state index in [2.05, 4.69) is 31.2 Å². The molecule has 0 aromatic heterocycles. The average molecular weight is 216 g/mol. The zero-order valence-corrected chi connectivity index (χ0v) is 9.95. The summed E-state index contributed by atoms with van der Waals surface area (Å²) < 4.78 is 0. The van der Waals surface area contributed by atoms with E-state index in [4.69, 9.17) is 0 Å². The Hall–Kier alpha value is -0.820. The van der Waals surface area contributed by atoms with Crippen LogP contribution in [0, 0.1) is 5.41 Å². The van der Waals surface area contributed by atoms with E-state index in [0.29, 0.717) is 5.92 Å². The number of aryl methyl sites for hydroxylation is 1. The second kappa shape index (κ2) is 3.59. The summed E-state index contributed by atoms with van der Waals surface area (Å²) in [6.07, 6.45) is 5.62. The Labute approximate surface area is 97.5 Å². The molecule has 0 spiro atoms. The van der Waals surface area contributed by atoms with Crippen molar-refractivity contribution in [3.05, 3.63) is 35.4 Å². The van der Waals surface area contributed by atoms with Crippen molar-refractivity contribution in [3.63, 3.8) is 0 Å². The quantitative estimate of drug-likeness (QED) is 0.705. The predicted octanol–water partition coefficient (Wildman–Crippen LogP) is 3.27. The first-order valence-electron chi connectivity index (χ1n) is 6.48. The Morgan fingerprint density at radius 1 is 1.25 bits per heavy atom. The molecule has 0 aliphatic heterocycles. The summed E-state index contributed by atoms with van der Waals surface area (Å²) in [5.74, 6) is 0.584. The standard InChI is InChI=1S/C15H20O/c1-15-10-9-11-5-2-3-6-12(11)13(15)7-4-8-14(15)16/h2-3,5-6,13-14,16H,4,7-10H2,1H3. The van der Waals surface area contributed by atoms with Crippen molar-refractivity contribution in [2.75, 3.05) is 0 Å². The van der Waals surface area contributed by atoms with E-state index >= 15 is 0 Å². The van der Waals surface area contributed by atoms with Crippen molar-refractivity contribution >= 4 is 0 Å². The number of rotatable bonds is 0. The molecule has 16 heavy (non-hydrogen) atoms. The van der Waals surface area contributed by atoms with Gasteiger partial charge in [0.05, 0.1) is 6.10 Å². The van der Waals surface area contributed by atoms with Crippen LogP contribution in [0.15, 0.2) is 24.3 Å². The Morgan fingerprint density at radius 2 is 2.06 bits per heavy atom. The molecule has 1 heteroatoms. The lowest BCUT2D eigenvalue weighted by molar-refractivity contribution is -0.0263. The third-order valence-electron chi connectivity index (χ3n) is 4.89. The number of aliphatic hydroxyl groups is 1. The predicted molar refractivity (Wildman–Crippen MR) is 65.5 cm³/mol. The van der Waals surface area contributed by atoms with E-state index in [-0.39, 0.29) is 11.5 Å². The second-order valence-electron chi connectivity index (χ2n) is 5.70. The van der Waals surface area contributed by atoms with Crippen molar-refractivity contribution in [3.8, 4) is 0 Å². The van der Waals surface area contributed by atoms with Crippen LogP contribution >= 0.6 is 0 Å². The summed E-state index contributed by atoms with van der Waals surface area (Å²) in [7, 11) is 0. The van der Waals surface area contributed by atoms with Crippen molar-refractivity contribution in [2.45, 2.75) is 51.0 Å². The van der Waals surface area contributed by atoms with Gasteiger partial charge in [-0.25, -0.2) is 0 Å². The molecule has 2 aliphatic carbocycles. The summed E-state index contributed by atoms with van der Waals surface area (Å²) in [5.41, 5.74) is 3.15. The zero-order valence-electron chi connectivity index (χ0n) is 9.95. The molecule has 0 saturated heterocycles. The van der Waals surface area contributed by atoms with Crippen LogP contribution < -0.4 is 0 Å². The van der Waals surface area contributed by atoms with Crippen LogP contribution in [0.2, 0.25) is 0 Å². The van der Waals surface area contributed by atoms with E-state index in [1.165, 1.54) is 24.0 Å². The van der Waals surface area contributed by atoms with E-state index in [1.807, 2.05) is 0 Å². The Kier molecular flexibility index (Phi) is 2.32. The molecule has 1 saturated carbocycles. The summed E-state index contributed by atoms with van der Waals surface area (Å²) >= 11 is 0. The molecule has 86 valence electrons. The fourth-order valence-electron chi connectivity index (χ4n) is 3.76. The highest BCUT2D eigenvalue weighted by Gasteiger charge is 2.46. The van der Waals surface area contributed by atoms with E-state index < -0.39 is 0 Å². The number of aliphatic hydroxyl groups excluding tert-OH is 1. The molecule has 3 rings (SSSR count). The monoisotopic (exact) mass is 216 g/mol. The summed E-state index contributed by atoms with van der Waals surface area (Å²) in [6, 6.07) is 8.82. The van der Waals surface area contributed by atoms with Gasteiger partial charge < -0.3 is 5.11 Å². The number of benzene rings is 1. The Bertz CT molecular complexity index is 398. The normalized spacial score (nSPS) is 37.6. The zero-order chi connectivity index (χ0) is 11.2. The molecule has 3 atom stereocenters. The van der Waals surface area contributed by atoms with Gasteiger partial charge >= 0.3 is 0 Å². The van der Waals surface area contributed by atoms with Gasteiger partial charge in [0.1, 0.15) is 0 Å². The van der Waals surface area contributed by atoms with Crippen LogP contribution in [0.4, 0.5) is 0 Å². The fraction of sp³-hybridized carbons (Fsp3) is 0.600. The molecular weight excluding hydrogens is 196 g/mol. The van der Waals surface area contributed by atoms with Crippen molar-refractivity contribution in [1.82, 2.24) is 0 Å². The first-order chi connectivity index (χ1) is 7.72. The van der Waals surface area contributed by atoms with Gasteiger partial charge in [0.15, 0.2) is 0 Å². The second-order valence-corrected chi connectivity index (χ2v) is 5.70. The van der Waals surface area contributed by atoms with Crippen LogP contribution in [-0.4, -0.2) is 11.2 Å². The number of hydrogen-bond donors (Lipinski definition) is 1.